The molecule has 0 unspecified atom stereocenters. The Labute approximate surface area is 125 Å². The summed E-state index contributed by atoms with van der Waals surface area (Å²) >= 11 is 0. The molecule has 0 bridgehead atoms. The number of rotatable bonds is 3. The van der Waals surface area contributed by atoms with Gasteiger partial charge in [0.1, 0.15) is 0 Å². The van der Waals surface area contributed by atoms with Crippen molar-refractivity contribution in [1.82, 2.24) is 10.1 Å². The lowest BCUT2D eigenvalue weighted by Crippen LogP contribution is -2.13. The Morgan fingerprint density at radius 3 is 2.71 bits per heavy atom. The van der Waals surface area contributed by atoms with Gasteiger partial charge in [-0.3, -0.25) is 0 Å². The first-order valence-corrected chi connectivity index (χ1v) is 7.88. The van der Waals surface area contributed by atoms with Gasteiger partial charge in [0.2, 0.25) is 0 Å². The molecule has 0 saturated heterocycles. The molecule has 1 saturated carbocycles. The maximum absolute atomic E-state index is 5.95. The van der Waals surface area contributed by atoms with Crippen molar-refractivity contribution in [3.8, 4) is 11.5 Å². The molecule has 21 heavy (non-hydrogen) atoms. The maximum atomic E-state index is 5.95. The van der Waals surface area contributed by atoms with Crippen LogP contribution in [-0.2, 0) is 0 Å². The quantitative estimate of drug-likeness (QED) is 0.853. The Morgan fingerprint density at radius 2 is 2.00 bits per heavy atom. The fraction of sp³-hybridized carbons (Fsp3) is 0.529. The normalized spacial score (nSPS) is 22.4. The van der Waals surface area contributed by atoms with E-state index >= 15 is 0 Å². The average molecular weight is 285 g/mol. The van der Waals surface area contributed by atoms with Gasteiger partial charge in [0.05, 0.1) is 0 Å². The highest BCUT2D eigenvalue weighted by atomic mass is 16.5. The smallest absolute Gasteiger partial charge is 0.258 e. The molecule has 112 valence electrons. The van der Waals surface area contributed by atoms with Gasteiger partial charge < -0.3 is 10.3 Å². The lowest BCUT2D eigenvalue weighted by molar-refractivity contribution is 0.305. The fourth-order valence-electron chi connectivity index (χ4n) is 3.22. The predicted molar refractivity (Wildman–Crippen MR) is 83.9 cm³/mol. The minimum Gasteiger partial charge on any atom is -0.398 e. The van der Waals surface area contributed by atoms with Gasteiger partial charge >= 0.3 is 0 Å². The van der Waals surface area contributed by atoms with Crippen LogP contribution in [0.4, 0.5) is 5.69 Å². The summed E-state index contributed by atoms with van der Waals surface area (Å²) in [4.78, 5) is 4.62. The van der Waals surface area contributed by atoms with Crippen molar-refractivity contribution < 1.29 is 4.52 Å². The summed E-state index contributed by atoms with van der Waals surface area (Å²) in [6, 6.07) is 5.80. The Hall–Kier alpha value is -1.84. The van der Waals surface area contributed by atoms with E-state index in [1.54, 1.807) is 0 Å². The average Bonchev–Trinajstić information content (AvgIpc) is 3.00. The van der Waals surface area contributed by atoms with Gasteiger partial charge in [0.25, 0.3) is 5.89 Å². The third-order valence-corrected chi connectivity index (χ3v) is 4.84. The number of nitrogens with two attached hydrogens (primary N) is 1. The third kappa shape index (κ3) is 2.80. The van der Waals surface area contributed by atoms with Gasteiger partial charge in [0, 0.05) is 17.2 Å². The summed E-state index contributed by atoms with van der Waals surface area (Å²) in [6.07, 6.45) is 6.19. The summed E-state index contributed by atoms with van der Waals surface area (Å²) in [7, 11) is 0. The van der Waals surface area contributed by atoms with Gasteiger partial charge in [-0.2, -0.15) is 4.98 Å². The van der Waals surface area contributed by atoms with E-state index in [1.807, 2.05) is 25.1 Å². The summed E-state index contributed by atoms with van der Waals surface area (Å²) < 4.78 is 5.48. The lowest BCUT2D eigenvalue weighted by atomic mass is 9.80. The van der Waals surface area contributed by atoms with Gasteiger partial charge in [-0.05, 0) is 56.2 Å². The minimum absolute atomic E-state index is 0.451. The van der Waals surface area contributed by atoms with Crippen LogP contribution in [-0.4, -0.2) is 10.1 Å². The molecule has 0 spiro atoms. The molecule has 4 nitrogen and oxygen atoms in total. The van der Waals surface area contributed by atoms with Gasteiger partial charge in [-0.15, -0.1) is 0 Å². The van der Waals surface area contributed by atoms with E-state index in [-0.39, 0.29) is 0 Å². The van der Waals surface area contributed by atoms with Crippen molar-refractivity contribution >= 4 is 5.69 Å². The molecule has 1 aromatic heterocycles. The van der Waals surface area contributed by atoms with Crippen LogP contribution < -0.4 is 5.73 Å². The molecule has 1 aliphatic rings. The Kier molecular flexibility index (Phi) is 3.95. The first-order valence-electron chi connectivity index (χ1n) is 7.88. The minimum atomic E-state index is 0.451. The van der Waals surface area contributed by atoms with E-state index in [0.717, 1.165) is 28.6 Å². The van der Waals surface area contributed by atoms with Crippen LogP contribution in [0.15, 0.2) is 22.7 Å². The molecule has 2 N–H and O–H groups in total. The van der Waals surface area contributed by atoms with E-state index in [2.05, 4.69) is 17.1 Å². The van der Waals surface area contributed by atoms with E-state index in [4.69, 9.17) is 10.3 Å². The van der Waals surface area contributed by atoms with Crippen molar-refractivity contribution in [3.63, 3.8) is 0 Å². The summed E-state index contributed by atoms with van der Waals surface area (Å²) in [5.74, 6) is 2.78. The molecule has 1 heterocycles. The first kappa shape index (κ1) is 14.1. The van der Waals surface area contributed by atoms with Crippen LogP contribution in [0.3, 0.4) is 0 Å². The molecule has 1 fully saturated rings. The number of aromatic nitrogens is 2. The number of benzene rings is 1. The molecule has 4 heteroatoms. The van der Waals surface area contributed by atoms with E-state index < -0.39 is 0 Å². The topological polar surface area (TPSA) is 64.9 Å². The van der Waals surface area contributed by atoms with Crippen molar-refractivity contribution in [2.24, 2.45) is 5.92 Å². The Morgan fingerprint density at radius 1 is 1.24 bits per heavy atom. The predicted octanol–water partition coefficient (Wildman–Crippen LogP) is 4.31. The zero-order valence-electron chi connectivity index (χ0n) is 12.8. The zero-order valence-corrected chi connectivity index (χ0v) is 12.8. The van der Waals surface area contributed by atoms with Crippen molar-refractivity contribution in [2.45, 2.75) is 51.9 Å². The third-order valence-electron chi connectivity index (χ3n) is 4.84. The van der Waals surface area contributed by atoms with Crippen LogP contribution in [0.25, 0.3) is 11.5 Å². The summed E-state index contributed by atoms with van der Waals surface area (Å²) in [5, 5.41) is 4.21. The second-order valence-corrected chi connectivity index (χ2v) is 6.10. The maximum Gasteiger partial charge on any atom is 0.258 e. The number of nitrogens with zero attached hydrogens (tertiary/aromatic N) is 2. The van der Waals surface area contributed by atoms with Crippen LogP contribution in [0.2, 0.25) is 0 Å². The highest BCUT2D eigenvalue weighted by Crippen LogP contribution is 2.36. The second kappa shape index (κ2) is 5.88. The molecule has 0 atom stereocenters. The Bertz CT molecular complexity index is 612. The van der Waals surface area contributed by atoms with Gasteiger partial charge in [-0.1, -0.05) is 24.6 Å². The summed E-state index contributed by atoms with van der Waals surface area (Å²) in [6.45, 7) is 4.26. The molecule has 2 aromatic rings. The lowest BCUT2D eigenvalue weighted by Gasteiger charge is -2.25. The molecular weight excluding hydrogens is 262 g/mol. The highest BCUT2D eigenvalue weighted by Gasteiger charge is 2.25. The van der Waals surface area contributed by atoms with E-state index in [0.29, 0.717) is 11.8 Å². The highest BCUT2D eigenvalue weighted by molar-refractivity contribution is 5.66. The molecule has 0 aliphatic heterocycles. The zero-order chi connectivity index (χ0) is 14.8. The van der Waals surface area contributed by atoms with E-state index in [1.165, 1.54) is 32.1 Å². The monoisotopic (exact) mass is 285 g/mol. The number of hydrogen-bond acceptors (Lipinski definition) is 4. The first-order chi connectivity index (χ1) is 10.2. The van der Waals surface area contributed by atoms with E-state index in [9.17, 15) is 0 Å². The van der Waals surface area contributed by atoms with Crippen molar-refractivity contribution in [2.75, 3.05) is 5.73 Å². The molecule has 0 amide bonds. The number of nitrogen functional groups attached to an aromatic ring is 1. The largest absolute Gasteiger partial charge is 0.398 e. The van der Waals surface area contributed by atoms with Crippen LogP contribution in [0, 0.1) is 12.8 Å². The molecular formula is C17H23N3O. The van der Waals surface area contributed by atoms with Gasteiger partial charge in [0.15, 0.2) is 5.82 Å². The Balaban J connectivity index is 1.79. The molecule has 0 radical (unpaired) electrons. The van der Waals surface area contributed by atoms with Gasteiger partial charge in [-0.25, -0.2) is 0 Å². The molecule has 3 rings (SSSR count). The van der Waals surface area contributed by atoms with Crippen molar-refractivity contribution in [1.29, 1.82) is 0 Å². The molecule has 1 aromatic carbocycles. The van der Waals surface area contributed by atoms with Crippen LogP contribution >= 0.6 is 0 Å². The standard InChI is InChI=1S/C17H23N3O/c1-3-12-7-9-13(10-8-12)16-19-17(21-20-16)14-5-4-6-15(18)11(14)2/h4-6,12-13H,3,7-10,18H2,1-2H3. The SMILES string of the molecule is CCC1CCC(c2noc(-c3cccc(N)c3C)n2)CC1. The number of hydrogen-bond donors (Lipinski definition) is 1. The number of anilines is 1. The molecule has 1 aliphatic carbocycles. The second-order valence-electron chi connectivity index (χ2n) is 6.10. The fourth-order valence-corrected chi connectivity index (χ4v) is 3.22. The van der Waals surface area contributed by atoms with Crippen molar-refractivity contribution in [3.05, 3.63) is 29.6 Å². The summed E-state index contributed by atoms with van der Waals surface area (Å²) in [5.41, 5.74) is 8.65. The van der Waals surface area contributed by atoms with Crippen LogP contribution in [0.5, 0.6) is 0 Å². The van der Waals surface area contributed by atoms with Crippen LogP contribution in [0.1, 0.15) is 56.3 Å².